The zero-order valence-corrected chi connectivity index (χ0v) is 19.6. The van der Waals surface area contributed by atoms with E-state index in [-0.39, 0.29) is 40.8 Å². The van der Waals surface area contributed by atoms with Gasteiger partial charge in [-0.1, -0.05) is 5.16 Å². The minimum Gasteiger partial charge on any atom is -0.393 e. The number of halogens is 1. The second-order valence-electron chi connectivity index (χ2n) is 9.36. The molecule has 1 saturated carbocycles. The maximum absolute atomic E-state index is 14.6. The average molecular weight is 493 g/mol. The van der Waals surface area contributed by atoms with E-state index in [1.54, 1.807) is 11.5 Å². The first kappa shape index (κ1) is 22.8. The Kier molecular flexibility index (Phi) is 5.36. The van der Waals surface area contributed by atoms with E-state index >= 15 is 0 Å². The van der Waals surface area contributed by atoms with Crippen molar-refractivity contribution in [3.05, 3.63) is 46.1 Å². The zero-order valence-electron chi connectivity index (χ0n) is 19.6. The van der Waals surface area contributed by atoms with Crippen molar-refractivity contribution in [1.29, 1.82) is 5.26 Å². The van der Waals surface area contributed by atoms with Crippen molar-refractivity contribution in [2.24, 2.45) is 0 Å². The van der Waals surface area contributed by atoms with Gasteiger partial charge in [0.25, 0.3) is 11.4 Å². The van der Waals surface area contributed by atoms with Gasteiger partial charge in [0.15, 0.2) is 0 Å². The quantitative estimate of drug-likeness (QED) is 0.427. The Hall–Kier alpha value is -3.66. The number of piperidine rings is 1. The highest BCUT2D eigenvalue weighted by molar-refractivity contribution is 5.87. The summed E-state index contributed by atoms with van der Waals surface area (Å²) in [7, 11) is 1.59. The molecule has 1 N–H and O–H groups in total. The lowest BCUT2D eigenvalue weighted by Crippen LogP contribution is -2.39. The summed E-state index contributed by atoms with van der Waals surface area (Å²) in [6.45, 7) is 2.13. The van der Waals surface area contributed by atoms with Crippen LogP contribution >= 0.6 is 0 Å². The molecule has 1 aromatic carbocycles. The van der Waals surface area contributed by atoms with Crippen LogP contribution in [0.5, 0.6) is 0 Å². The topological polar surface area (TPSA) is 135 Å². The SMILES string of the molecule is COC1(c2nc(-c3ncn4c3c(=O)n(CCN3CCC(O)CC3)c3c(C#N)c(F)ccc34)no2)CC1. The first-order valence-electron chi connectivity index (χ1n) is 11.9. The van der Waals surface area contributed by atoms with Gasteiger partial charge in [0.05, 0.1) is 17.1 Å². The number of rotatable bonds is 6. The second-order valence-corrected chi connectivity index (χ2v) is 9.36. The van der Waals surface area contributed by atoms with Crippen molar-refractivity contribution in [2.45, 2.75) is 43.9 Å². The van der Waals surface area contributed by atoms with Crippen LogP contribution in [0.15, 0.2) is 27.8 Å². The number of likely N-dealkylation sites (tertiary alicyclic amines) is 1. The molecule has 4 aromatic rings. The first-order valence-corrected chi connectivity index (χ1v) is 11.9. The Bertz CT molecular complexity index is 1570. The molecule has 0 bridgehead atoms. The number of aliphatic hydroxyl groups excluding tert-OH is 1. The van der Waals surface area contributed by atoms with Crippen LogP contribution in [0.25, 0.3) is 28.1 Å². The highest BCUT2D eigenvalue weighted by atomic mass is 19.1. The molecule has 2 aliphatic rings. The molecule has 0 amide bonds. The molecule has 1 aliphatic carbocycles. The lowest BCUT2D eigenvalue weighted by atomic mass is 10.1. The van der Waals surface area contributed by atoms with Crippen LogP contribution < -0.4 is 5.56 Å². The highest BCUT2D eigenvalue weighted by Gasteiger charge is 2.50. The number of ether oxygens (including phenoxy) is 1. The summed E-state index contributed by atoms with van der Waals surface area (Å²) in [5.74, 6) is -0.203. The number of imidazole rings is 1. The van der Waals surface area contributed by atoms with E-state index in [4.69, 9.17) is 9.26 Å². The third-order valence-electron chi connectivity index (χ3n) is 7.28. The van der Waals surface area contributed by atoms with Gasteiger partial charge in [-0.05, 0) is 37.8 Å². The van der Waals surface area contributed by atoms with Crippen molar-refractivity contribution in [1.82, 2.24) is 29.0 Å². The van der Waals surface area contributed by atoms with E-state index in [2.05, 4.69) is 20.0 Å². The van der Waals surface area contributed by atoms with Crippen molar-refractivity contribution >= 4 is 16.6 Å². The summed E-state index contributed by atoms with van der Waals surface area (Å²) in [5, 5.41) is 23.6. The Labute approximate surface area is 204 Å². The fraction of sp³-hybridized carbons (Fsp3) is 0.458. The number of methoxy groups -OCH3 is 1. The number of fused-ring (bicyclic) bond motifs is 3. The number of nitrogens with zero attached hydrogens (tertiary/aromatic N) is 7. The third-order valence-corrected chi connectivity index (χ3v) is 7.28. The minimum absolute atomic E-state index is 0.159. The molecular formula is C24H24FN7O4. The molecule has 0 radical (unpaired) electrons. The lowest BCUT2D eigenvalue weighted by Gasteiger charge is -2.29. The standard InChI is InChI=1S/C24H24FN7O4/c1-35-24(6-7-24)23-28-21(29-36-23)18-20-22(34)31(11-10-30-8-4-14(33)5-9-30)19-15(12-26)16(25)2-3-17(19)32(20)13-27-18/h2-3,13-14,33H,4-11H2,1H3. The van der Waals surface area contributed by atoms with Gasteiger partial charge in [0.1, 0.15) is 40.6 Å². The van der Waals surface area contributed by atoms with Crippen LogP contribution in [0.2, 0.25) is 0 Å². The summed E-state index contributed by atoms with van der Waals surface area (Å²) >= 11 is 0. The molecule has 0 atom stereocenters. The minimum atomic E-state index is -0.698. The van der Waals surface area contributed by atoms with E-state index in [1.165, 1.54) is 23.0 Å². The van der Waals surface area contributed by atoms with Crippen LogP contribution in [0.1, 0.15) is 37.1 Å². The van der Waals surface area contributed by atoms with Crippen molar-refractivity contribution in [3.8, 4) is 17.6 Å². The Balaban J connectivity index is 1.50. The van der Waals surface area contributed by atoms with Gasteiger partial charge in [-0.15, -0.1) is 0 Å². The van der Waals surface area contributed by atoms with Gasteiger partial charge < -0.3 is 23.8 Å². The van der Waals surface area contributed by atoms with Crippen molar-refractivity contribution < 1.29 is 18.8 Å². The fourth-order valence-corrected chi connectivity index (χ4v) is 4.98. The summed E-state index contributed by atoms with van der Waals surface area (Å²) in [6.07, 6.45) is 3.97. The Morgan fingerprint density at radius 1 is 1.28 bits per heavy atom. The van der Waals surface area contributed by atoms with Crippen LogP contribution in [-0.2, 0) is 16.9 Å². The van der Waals surface area contributed by atoms with Gasteiger partial charge in [0, 0.05) is 33.3 Å². The molecule has 2 fully saturated rings. The third kappa shape index (κ3) is 3.50. The molecule has 186 valence electrons. The predicted molar refractivity (Wildman–Crippen MR) is 125 cm³/mol. The van der Waals surface area contributed by atoms with E-state index in [9.17, 15) is 19.6 Å². The maximum Gasteiger partial charge on any atom is 0.277 e. The molecular weight excluding hydrogens is 469 g/mol. The van der Waals surface area contributed by atoms with Crippen LogP contribution in [-0.4, -0.2) is 66.9 Å². The normalized spacial score (nSPS) is 18.2. The van der Waals surface area contributed by atoms with Gasteiger partial charge >= 0.3 is 0 Å². The number of nitriles is 1. The van der Waals surface area contributed by atoms with Gasteiger partial charge in [-0.3, -0.25) is 9.20 Å². The molecule has 3 aromatic heterocycles. The highest BCUT2D eigenvalue weighted by Crippen LogP contribution is 2.48. The lowest BCUT2D eigenvalue weighted by molar-refractivity contribution is 0.0492. The van der Waals surface area contributed by atoms with E-state index in [0.29, 0.717) is 43.9 Å². The van der Waals surface area contributed by atoms with E-state index in [0.717, 1.165) is 12.8 Å². The summed E-state index contributed by atoms with van der Waals surface area (Å²) in [5.41, 5.74) is -0.102. The number of hydrogen-bond donors (Lipinski definition) is 1. The molecule has 4 heterocycles. The molecule has 1 saturated heterocycles. The Morgan fingerprint density at radius 2 is 2.06 bits per heavy atom. The smallest absolute Gasteiger partial charge is 0.277 e. The number of benzene rings is 1. The summed E-state index contributed by atoms with van der Waals surface area (Å²) in [6, 6.07) is 4.66. The van der Waals surface area contributed by atoms with E-state index in [1.807, 2.05) is 6.07 Å². The summed E-state index contributed by atoms with van der Waals surface area (Å²) < 4.78 is 28.6. The zero-order chi connectivity index (χ0) is 25.0. The maximum atomic E-state index is 14.6. The molecule has 1 aliphatic heterocycles. The number of aliphatic hydroxyl groups is 1. The molecule has 6 rings (SSSR count). The van der Waals surface area contributed by atoms with Gasteiger partial charge in [0.2, 0.25) is 5.82 Å². The van der Waals surface area contributed by atoms with Crippen molar-refractivity contribution in [2.75, 3.05) is 26.7 Å². The fourth-order valence-electron chi connectivity index (χ4n) is 4.98. The number of hydrogen-bond acceptors (Lipinski definition) is 9. The molecule has 11 nitrogen and oxygen atoms in total. The largest absolute Gasteiger partial charge is 0.393 e. The van der Waals surface area contributed by atoms with Crippen LogP contribution in [0.3, 0.4) is 0 Å². The number of aromatic nitrogens is 5. The van der Waals surface area contributed by atoms with Crippen LogP contribution in [0, 0.1) is 17.1 Å². The average Bonchev–Trinajstić information content (AvgIpc) is 3.30. The van der Waals surface area contributed by atoms with Crippen LogP contribution in [0.4, 0.5) is 4.39 Å². The first-order chi connectivity index (χ1) is 17.5. The summed E-state index contributed by atoms with van der Waals surface area (Å²) in [4.78, 5) is 24.9. The Morgan fingerprint density at radius 3 is 2.75 bits per heavy atom. The molecule has 0 spiro atoms. The second kappa shape index (κ2) is 8.48. The molecule has 0 unspecified atom stereocenters. The molecule has 12 heteroatoms. The predicted octanol–water partition coefficient (Wildman–Crippen LogP) is 1.80. The van der Waals surface area contributed by atoms with Crippen molar-refractivity contribution in [3.63, 3.8) is 0 Å². The van der Waals surface area contributed by atoms with Gasteiger partial charge in [-0.2, -0.15) is 10.2 Å². The monoisotopic (exact) mass is 493 g/mol. The van der Waals surface area contributed by atoms with E-state index < -0.39 is 17.0 Å². The molecule has 36 heavy (non-hydrogen) atoms. The van der Waals surface area contributed by atoms with Gasteiger partial charge in [-0.25, -0.2) is 9.37 Å².